The number of pyridine rings is 2. The number of nitrogens with two attached hydrogens (primary N) is 1. The van der Waals surface area contributed by atoms with Crippen LogP contribution in [0.25, 0.3) is 21.8 Å². The number of nitrogen functional groups attached to an aromatic ring is 1. The first-order valence-electron chi connectivity index (χ1n) is 10.1. The van der Waals surface area contributed by atoms with E-state index in [-0.39, 0.29) is 16.5 Å². The van der Waals surface area contributed by atoms with Crippen molar-refractivity contribution < 1.29 is 18.0 Å². The lowest BCUT2D eigenvalue weighted by atomic mass is 10.0. The summed E-state index contributed by atoms with van der Waals surface area (Å²) in [6, 6.07) is 5.19. The van der Waals surface area contributed by atoms with Crippen molar-refractivity contribution in [3.05, 3.63) is 58.0 Å². The molecule has 3 heterocycles. The fraction of sp³-hybridized carbons (Fsp3) is 0.273. The molecule has 7 nitrogen and oxygen atoms in total. The fourth-order valence-electron chi connectivity index (χ4n) is 4.48. The third-order valence-corrected chi connectivity index (χ3v) is 6.44. The average Bonchev–Trinajstić information content (AvgIpc) is 3.36. The first-order chi connectivity index (χ1) is 15.6. The van der Waals surface area contributed by atoms with Gasteiger partial charge in [0.2, 0.25) is 0 Å². The van der Waals surface area contributed by atoms with Crippen LogP contribution in [-0.4, -0.2) is 37.6 Å². The predicted molar refractivity (Wildman–Crippen MR) is 118 cm³/mol. The Bertz CT molecular complexity index is 1450. The maximum Gasteiger partial charge on any atom is 0.433 e. The topological polar surface area (TPSA) is 89.9 Å². The molecule has 1 atom stereocenters. The van der Waals surface area contributed by atoms with E-state index in [0.29, 0.717) is 46.2 Å². The zero-order chi connectivity index (χ0) is 23.7. The highest BCUT2D eigenvalue weighted by atomic mass is 35.5. The number of amides is 1. The quantitative estimate of drug-likeness (QED) is 0.461. The summed E-state index contributed by atoms with van der Waals surface area (Å²) in [5.41, 5.74) is 7.59. The van der Waals surface area contributed by atoms with Gasteiger partial charge in [0, 0.05) is 25.2 Å². The number of hydrogen-bond donors (Lipinski definition) is 1. The number of carbonyl (C=O) groups excluding carboxylic acids is 1. The van der Waals surface area contributed by atoms with Gasteiger partial charge in [0.1, 0.15) is 11.5 Å². The van der Waals surface area contributed by atoms with E-state index in [1.54, 1.807) is 37.1 Å². The molecule has 0 saturated carbocycles. The summed E-state index contributed by atoms with van der Waals surface area (Å²) in [6.45, 7) is 0. The van der Waals surface area contributed by atoms with Crippen LogP contribution in [0.3, 0.4) is 0 Å². The fourth-order valence-corrected chi connectivity index (χ4v) is 4.72. The van der Waals surface area contributed by atoms with Gasteiger partial charge in [0.25, 0.3) is 5.91 Å². The maximum atomic E-state index is 13.4. The molecule has 1 amide bonds. The number of fused-ring (bicyclic) bond motifs is 4. The summed E-state index contributed by atoms with van der Waals surface area (Å²) in [5.74, 6) is -0.0436. The van der Waals surface area contributed by atoms with Gasteiger partial charge < -0.3 is 10.6 Å². The lowest BCUT2D eigenvalue weighted by molar-refractivity contribution is -0.141. The van der Waals surface area contributed by atoms with E-state index in [0.717, 1.165) is 11.6 Å². The lowest BCUT2D eigenvalue weighted by Crippen LogP contribution is -2.30. The molecule has 3 aromatic heterocycles. The normalized spacial score (nSPS) is 15.9. The first-order valence-corrected chi connectivity index (χ1v) is 10.5. The number of carbonyl (C=O) groups is 1. The van der Waals surface area contributed by atoms with Crippen molar-refractivity contribution >= 4 is 45.1 Å². The highest BCUT2D eigenvalue weighted by Gasteiger charge is 2.36. The number of hydrogen-bond acceptors (Lipinski definition) is 5. The van der Waals surface area contributed by atoms with Gasteiger partial charge in [-0.1, -0.05) is 17.7 Å². The van der Waals surface area contributed by atoms with Gasteiger partial charge in [0.05, 0.1) is 39.2 Å². The molecule has 0 fully saturated rings. The summed E-state index contributed by atoms with van der Waals surface area (Å²) in [5, 5.41) is 5.77. The Morgan fingerprint density at radius 2 is 2.00 bits per heavy atom. The Hall–Kier alpha value is -3.40. The van der Waals surface area contributed by atoms with Crippen LogP contribution in [0.4, 0.5) is 19.0 Å². The van der Waals surface area contributed by atoms with Crippen LogP contribution in [0.15, 0.2) is 30.5 Å². The number of aromatic nitrogens is 4. The number of benzene rings is 1. The smallest absolute Gasteiger partial charge is 0.383 e. The molecular weight excluding hydrogens is 457 g/mol. The van der Waals surface area contributed by atoms with Crippen molar-refractivity contribution in [3.8, 4) is 0 Å². The second-order valence-electron chi connectivity index (χ2n) is 8.08. The molecule has 33 heavy (non-hydrogen) atoms. The van der Waals surface area contributed by atoms with E-state index in [1.807, 2.05) is 0 Å². The number of anilines is 1. The molecule has 0 bridgehead atoms. The summed E-state index contributed by atoms with van der Waals surface area (Å²) in [7, 11) is 3.38. The Balaban J connectivity index is 1.55. The van der Waals surface area contributed by atoms with Gasteiger partial charge in [-0.3, -0.25) is 9.48 Å². The molecule has 0 saturated heterocycles. The number of nitrogens with zero attached hydrogens (tertiary/aromatic N) is 5. The second-order valence-corrected chi connectivity index (χ2v) is 8.48. The van der Waals surface area contributed by atoms with Gasteiger partial charge in [-0.2, -0.15) is 18.3 Å². The lowest BCUT2D eigenvalue weighted by Gasteiger charge is -2.26. The van der Waals surface area contributed by atoms with Crippen LogP contribution < -0.4 is 5.73 Å². The molecular formula is C22H18ClF3N6O. The summed E-state index contributed by atoms with van der Waals surface area (Å²) < 4.78 is 40.7. The van der Waals surface area contributed by atoms with Crippen molar-refractivity contribution in [2.75, 3.05) is 12.8 Å². The van der Waals surface area contributed by atoms with Crippen LogP contribution >= 0.6 is 11.6 Å². The summed E-state index contributed by atoms with van der Waals surface area (Å²) in [6.07, 6.45) is -2.08. The van der Waals surface area contributed by atoms with Crippen LogP contribution in [0.5, 0.6) is 0 Å². The maximum absolute atomic E-state index is 13.4. The van der Waals surface area contributed by atoms with Gasteiger partial charge in [-0.25, -0.2) is 9.97 Å². The molecule has 1 aliphatic rings. The standard InChI is InChI=1S/C22H18ClF3N6O/c1-31(17-5-4-15-10(17)3-6-18(29-15)22(24,25)26)21(33)11-7-12-16(8-14(11)23)30-20(27)13-9-28-32(2)19(12)13/h3,6-9,17H,4-5H2,1-2H3,(H2,27,30)/t17-/m1/s1. The molecule has 0 unspecified atom stereocenters. The zero-order valence-corrected chi connectivity index (χ0v) is 18.4. The Morgan fingerprint density at radius 3 is 2.73 bits per heavy atom. The minimum Gasteiger partial charge on any atom is -0.383 e. The number of aryl methyl sites for hydroxylation is 2. The molecule has 1 aromatic carbocycles. The minimum atomic E-state index is -4.51. The largest absolute Gasteiger partial charge is 0.433 e. The van der Waals surface area contributed by atoms with Crippen LogP contribution in [0.1, 0.15) is 39.8 Å². The van der Waals surface area contributed by atoms with E-state index in [9.17, 15) is 18.0 Å². The van der Waals surface area contributed by atoms with Gasteiger partial charge in [-0.05, 0) is 36.6 Å². The molecule has 0 radical (unpaired) electrons. The van der Waals surface area contributed by atoms with E-state index in [1.165, 1.54) is 11.0 Å². The third-order valence-electron chi connectivity index (χ3n) is 6.13. The molecule has 11 heteroatoms. The van der Waals surface area contributed by atoms with Crippen LogP contribution in [0.2, 0.25) is 5.02 Å². The Kier molecular flexibility index (Phi) is 4.75. The van der Waals surface area contributed by atoms with Crippen molar-refractivity contribution in [1.29, 1.82) is 0 Å². The van der Waals surface area contributed by atoms with Crippen molar-refractivity contribution in [2.45, 2.75) is 25.1 Å². The van der Waals surface area contributed by atoms with Crippen LogP contribution in [0, 0.1) is 0 Å². The van der Waals surface area contributed by atoms with Crippen molar-refractivity contribution in [2.24, 2.45) is 7.05 Å². The van der Waals surface area contributed by atoms with Gasteiger partial charge in [-0.15, -0.1) is 0 Å². The van der Waals surface area contributed by atoms with Gasteiger partial charge in [0.15, 0.2) is 0 Å². The van der Waals surface area contributed by atoms with E-state index < -0.39 is 17.9 Å². The third kappa shape index (κ3) is 3.36. The minimum absolute atomic E-state index is 0.205. The molecule has 5 rings (SSSR count). The highest BCUT2D eigenvalue weighted by Crippen LogP contribution is 2.38. The molecule has 0 aliphatic heterocycles. The molecule has 4 aromatic rings. The van der Waals surface area contributed by atoms with E-state index in [4.69, 9.17) is 17.3 Å². The molecule has 0 spiro atoms. The number of alkyl halides is 3. The van der Waals surface area contributed by atoms with Crippen LogP contribution in [-0.2, 0) is 19.6 Å². The van der Waals surface area contributed by atoms with E-state index in [2.05, 4.69) is 15.1 Å². The van der Waals surface area contributed by atoms with E-state index >= 15 is 0 Å². The Morgan fingerprint density at radius 1 is 1.24 bits per heavy atom. The highest BCUT2D eigenvalue weighted by molar-refractivity contribution is 6.35. The SMILES string of the molecule is CN(C(=O)c1cc2c(cc1Cl)nc(N)c1cnn(C)c12)[C@@H]1CCc2nc(C(F)(F)F)ccc21. The second kappa shape index (κ2) is 7.31. The Labute approximate surface area is 191 Å². The predicted octanol–water partition coefficient (Wildman–Crippen LogP) is 4.53. The molecule has 2 N–H and O–H groups in total. The molecule has 170 valence electrons. The summed E-state index contributed by atoms with van der Waals surface area (Å²) in [4.78, 5) is 23.1. The van der Waals surface area contributed by atoms with Crippen molar-refractivity contribution in [3.63, 3.8) is 0 Å². The number of halogens is 4. The van der Waals surface area contributed by atoms with Gasteiger partial charge >= 0.3 is 6.18 Å². The zero-order valence-electron chi connectivity index (χ0n) is 17.6. The number of rotatable bonds is 2. The summed E-state index contributed by atoms with van der Waals surface area (Å²) >= 11 is 6.45. The average molecular weight is 475 g/mol. The monoisotopic (exact) mass is 474 g/mol. The molecule has 1 aliphatic carbocycles. The van der Waals surface area contributed by atoms with Crippen molar-refractivity contribution in [1.82, 2.24) is 24.6 Å². The first kappa shape index (κ1) is 21.4.